The molecule has 13 nitrogen and oxygen atoms in total. The number of benzene rings is 1. The van der Waals surface area contributed by atoms with Crippen molar-refractivity contribution in [1.82, 2.24) is 0 Å². The van der Waals surface area contributed by atoms with Gasteiger partial charge in [-0.15, -0.1) is 0 Å². The van der Waals surface area contributed by atoms with Crippen molar-refractivity contribution in [3.63, 3.8) is 0 Å². The van der Waals surface area contributed by atoms with Crippen molar-refractivity contribution in [3.8, 4) is 0 Å². The summed E-state index contributed by atoms with van der Waals surface area (Å²) in [4.78, 5) is 11.7. The molecule has 0 bridgehead atoms. The second-order valence-corrected chi connectivity index (χ2v) is 7.81. The Kier molecular flexibility index (Phi) is 8.71. The Morgan fingerprint density at radius 2 is 1.36 bits per heavy atom. The first kappa shape index (κ1) is 25.9. The second-order valence-electron chi connectivity index (χ2n) is 7.81. The Labute approximate surface area is 187 Å². The Bertz CT molecular complexity index is 762. The molecule has 2 aliphatic rings. The number of carbonyl (C=O) groups is 1. The first-order chi connectivity index (χ1) is 15.6. The lowest BCUT2D eigenvalue weighted by Gasteiger charge is -2.43. The number of ether oxygens (including phenoxy) is 4. The average molecular weight is 476 g/mol. The first-order valence-electron chi connectivity index (χ1n) is 10.2. The van der Waals surface area contributed by atoms with Gasteiger partial charge in [0, 0.05) is 0 Å². The van der Waals surface area contributed by atoms with Crippen LogP contribution in [0, 0.1) is 0 Å². The van der Waals surface area contributed by atoms with Crippen LogP contribution in [0.2, 0.25) is 0 Å². The Morgan fingerprint density at radius 1 is 0.818 bits per heavy atom. The van der Waals surface area contributed by atoms with Crippen molar-refractivity contribution < 1.29 is 64.6 Å². The molecule has 2 fully saturated rings. The van der Waals surface area contributed by atoms with E-state index in [9.17, 15) is 45.6 Å². The third kappa shape index (κ3) is 5.67. The minimum absolute atomic E-state index is 0.246. The molecule has 186 valence electrons. The predicted octanol–water partition coefficient (Wildman–Crippen LogP) is -3.55. The first-order valence-corrected chi connectivity index (χ1v) is 10.2. The highest BCUT2D eigenvalue weighted by molar-refractivity contribution is 5.74. The highest BCUT2D eigenvalue weighted by atomic mass is 16.7. The molecule has 0 aromatic heterocycles. The van der Waals surface area contributed by atoms with Crippen LogP contribution in [0.1, 0.15) is 11.7 Å². The summed E-state index contributed by atoms with van der Waals surface area (Å²) in [5.41, 5.74) is 0.246. The lowest BCUT2D eigenvalue weighted by atomic mass is 9.98. The lowest BCUT2D eigenvalue weighted by molar-refractivity contribution is -0.335. The van der Waals surface area contributed by atoms with Crippen LogP contribution in [0.15, 0.2) is 30.3 Å². The molecule has 2 saturated heterocycles. The number of hydrogen-bond acceptors (Lipinski definition) is 12. The highest BCUT2D eigenvalue weighted by Crippen LogP contribution is 2.29. The summed E-state index contributed by atoms with van der Waals surface area (Å²) in [5, 5.41) is 79.2. The minimum atomic E-state index is -1.80. The normalized spacial score (nSPS) is 40.3. The SMILES string of the molecule is O=C(O)[C@@H](O[C@H]1O[C@H](CO[C@@H]2O[C@@H](CO)[C@H](O)[C@@H](O)[C@@H]2O)[C@@H](O)[C@H](O)[C@H]1O)c1ccccc1. The molecule has 2 heterocycles. The summed E-state index contributed by atoms with van der Waals surface area (Å²) in [6, 6.07) is 7.81. The molecule has 33 heavy (non-hydrogen) atoms. The van der Waals surface area contributed by atoms with Gasteiger partial charge in [-0.2, -0.15) is 0 Å². The fraction of sp³-hybridized carbons (Fsp3) is 0.650. The zero-order valence-corrected chi connectivity index (χ0v) is 17.3. The summed E-state index contributed by atoms with van der Waals surface area (Å²) in [5.74, 6) is -1.38. The Morgan fingerprint density at radius 3 is 1.94 bits per heavy atom. The summed E-state index contributed by atoms with van der Waals surface area (Å²) >= 11 is 0. The van der Waals surface area contributed by atoms with Gasteiger partial charge in [0.2, 0.25) is 0 Å². The summed E-state index contributed by atoms with van der Waals surface area (Å²) in [7, 11) is 0. The monoisotopic (exact) mass is 476 g/mol. The van der Waals surface area contributed by atoms with Gasteiger partial charge in [0.15, 0.2) is 18.7 Å². The Hall–Kier alpha value is -1.75. The van der Waals surface area contributed by atoms with Gasteiger partial charge >= 0.3 is 5.97 Å². The fourth-order valence-electron chi connectivity index (χ4n) is 3.60. The number of carboxylic acids is 1. The third-order valence-electron chi connectivity index (χ3n) is 5.54. The van der Waals surface area contributed by atoms with Gasteiger partial charge in [0.1, 0.15) is 48.8 Å². The molecule has 13 heteroatoms. The quantitative estimate of drug-likeness (QED) is 0.183. The van der Waals surface area contributed by atoms with E-state index in [0.29, 0.717) is 0 Å². The standard InChI is InChI=1S/C20H28O13/c21-6-9-11(22)13(24)15(26)19(31-9)30-7-10-12(23)14(25)16(27)20(32-10)33-17(18(28)29)8-4-2-1-3-5-8/h1-5,9-17,19-27H,6-7H2,(H,28,29)/t9-,10+,11-,12+,13+,14-,15-,16+,17-,19+,20+/m0/s1. The number of aliphatic hydroxyl groups excluding tert-OH is 7. The van der Waals surface area contributed by atoms with Gasteiger partial charge < -0.3 is 59.8 Å². The van der Waals surface area contributed by atoms with Crippen LogP contribution in [0.3, 0.4) is 0 Å². The molecule has 2 aliphatic heterocycles. The average Bonchev–Trinajstić information content (AvgIpc) is 2.81. The van der Waals surface area contributed by atoms with Crippen LogP contribution in [0.5, 0.6) is 0 Å². The van der Waals surface area contributed by atoms with Crippen LogP contribution in [-0.2, 0) is 23.7 Å². The van der Waals surface area contributed by atoms with E-state index in [1.807, 2.05) is 0 Å². The predicted molar refractivity (Wildman–Crippen MR) is 104 cm³/mol. The maximum Gasteiger partial charge on any atom is 0.337 e. The maximum absolute atomic E-state index is 11.7. The van der Waals surface area contributed by atoms with Gasteiger partial charge in [0.25, 0.3) is 0 Å². The van der Waals surface area contributed by atoms with E-state index in [1.165, 1.54) is 12.1 Å². The van der Waals surface area contributed by atoms with E-state index < -0.39 is 86.7 Å². The molecule has 3 rings (SSSR count). The molecule has 8 N–H and O–H groups in total. The highest BCUT2D eigenvalue weighted by Gasteiger charge is 2.48. The van der Waals surface area contributed by atoms with E-state index in [2.05, 4.69) is 0 Å². The number of rotatable bonds is 8. The van der Waals surface area contributed by atoms with Crippen molar-refractivity contribution in [3.05, 3.63) is 35.9 Å². The zero-order valence-electron chi connectivity index (χ0n) is 17.3. The molecule has 0 aliphatic carbocycles. The fourth-order valence-corrected chi connectivity index (χ4v) is 3.60. The number of hydrogen-bond donors (Lipinski definition) is 8. The maximum atomic E-state index is 11.7. The second kappa shape index (κ2) is 11.1. The summed E-state index contributed by atoms with van der Waals surface area (Å²) < 4.78 is 21.4. The molecule has 0 amide bonds. The molecule has 11 atom stereocenters. The summed E-state index contributed by atoms with van der Waals surface area (Å²) in [6.45, 7) is -1.24. The Balaban J connectivity index is 1.68. The van der Waals surface area contributed by atoms with Crippen molar-refractivity contribution in [1.29, 1.82) is 0 Å². The molecule has 0 radical (unpaired) electrons. The van der Waals surface area contributed by atoms with E-state index in [1.54, 1.807) is 18.2 Å². The van der Waals surface area contributed by atoms with Crippen molar-refractivity contribution >= 4 is 5.97 Å². The van der Waals surface area contributed by atoms with Gasteiger partial charge in [0.05, 0.1) is 13.2 Å². The molecule has 0 unspecified atom stereocenters. The van der Waals surface area contributed by atoms with Crippen molar-refractivity contribution in [2.45, 2.75) is 67.5 Å². The van der Waals surface area contributed by atoms with Gasteiger partial charge in [-0.1, -0.05) is 30.3 Å². The molecule has 0 spiro atoms. The lowest BCUT2D eigenvalue weighted by Crippen LogP contribution is -2.61. The molecular weight excluding hydrogens is 448 g/mol. The van der Waals surface area contributed by atoms with Crippen LogP contribution in [0.25, 0.3) is 0 Å². The van der Waals surface area contributed by atoms with Crippen LogP contribution >= 0.6 is 0 Å². The van der Waals surface area contributed by atoms with E-state index in [0.717, 1.165) is 0 Å². The molecule has 1 aromatic rings. The van der Waals surface area contributed by atoms with Gasteiger partial charge in [-0.3, -0.25) is 0 Å². The molecule has 0 saturated carbocycles. The molecule has 1 aromatic carbocycles. The number of aliphatic carboxylic acids is 1. The smallest absolute Gasteiger partial charge is 0.337 e. The largest absolute Gasteiger partial charge is 0.479 e. The summed E-state index contributed by atoms with van der Waals surface area (Å²) in [6.07, 6.45) is -17.6. The zero-order chi connectivity index (χ0) is 24.3. The minimum Gasteiger partial charge on any atom is -0.479 e. The van der Waals surface area contributed by atoms with Crippen molar-refractivity contribution in [2.24, 2.45) is 0 Å². The van der Waals surface area contributed by atoms with Gasteiger partial charge in [-0.05, 0) is 5.56 Å². The van der Waals surface area contributed by atoms with E-state index in [4.69, 9.17) is 18.9 Å². The van der Waals surface area contributed by atoms with Gasteiger partial charge in [-0.25, -0.2) is 4.79 Å². The molecular formula is C20H28O13. The van der Waals surface area contributed by atoms with Crippen LogP contribution < -0.4 is 0 Å². The van der Waals surface area contributed by atoms with E-state index >= 15 is 0 Å². The number of aliphatic hydroxyl groups is 7. The van der Waals surface area contributed by atoms with E-state index in [-0.39, 0.29) is 5.56 Å². The number of carboxylic acid groups (broad SMARTS) is 1. The van der Waals surface area contributed by atoms with Crippen molar-refractivity contribution in [2.75, 3.05) is 13.2 Å². The van der Waals surface area contributed by atoms with Crippen LogP contribution in [0.4, 0.5) is 0 Å². The van der Waals surface area contributed by atoms with Crippen LogP contribution in [-0.4, -0.2) is 121 Å². The topological polar surface area (TPSA) is 216 Å². The third-order valence-corrected chi connectivity index (χ3v) is 5.54.